The second-order valence-electron chi connectivity index (χ2n) is 16.8. The van der Waals surface area contributed by atoms with Crippen molar-refractivity contribution in [3.05, 3.63) is 143 Å². The summed E-state index contributed by atoms with van der Waals surface area (Å²) in [6, 6.07) is 39.0. The largest absolute Gasteiger partial charge is 0.493 e. The van der Waals surface area contributed by atoms with Gasteiger partial charge in [-0.15, -0.1) is 0 Å². The fourth-order valence-corrected chi connectivity index (χ4v) is 10.8. The Kier molecular flexibility index (Phi) is 15.6. The number of para-hydroxylation sites is 1. The number of benzene rings is 5. The van der Waals surface area contributed by atoms with Crippen LogP contribution in [0.5, 0.6) is 11.5 Å². The molecule has 1 N–H and O–H groups in total. The van der Waals surface area contributed by atoms with Crippen LogP contribution in [0, 0.1) is 0 Å². The quantitative estimate of drug-likeness (QED) is 0.0427. The maximum atomic E-state index is 14.3. The number of nitrogens with one attached hydrogen (secondary N) is 1. The smallest absolute Gasteiger partial charge is 0.355 e. The van der Waals surface area contributed by atoms with Crippen LogP contribution in [0.2, 0.25) is 0 Å². The number of anilines is 1. The molecule has 0 unspecified atom stereocenters. The highest BCUT2D eigenvalue weighted by Crippen LogP contribution is 2.40. The first kappa shape index (κ1) is 47.8. The lowest BCUT2D eigenvalue weighted by molar-refractivity contribution is 0.0512. The molecule has 7 aromatic rings. The number of hydrogen-bond donors (Lipinski definition) is 1. The van der Waals surface area contributed by atoms with Gasteiger partial charge in [0.05, 0.1) is 24.4 Å². The van der Waals surface area contributed by atoms with Crippen molar-refractivity contribution in [2.75, 3.05) is 64.9 Å². The molecule has 1 fully saturated rings. The van der Waals surface area contributed by atoms with Gasteiger partial charge in [0.1, 0.15) is 29.5 Å². The number of piperazine rings is 1. The van der Waals surface area contributed by atoms with Crippen LogP contribution in [0.4, 0.5) is 5.69 Å². The molecule has 0 spiro atoms. The number of rotatable bonds is 21. The minimum Gasteiger partial charge on any atom is -0.493 e. The van der Waals surface area contributed by atoms with Crippen molar-refractivity contribution < 1.29 is 27.4 Å². The first-order valence-electron chi connectivity index (χ1n) is 23.0. The van der Waals surface area contributed by atoms with Crippen LogP contribution in [0.15, 0.2) is 115 Å². The van der Waals surface area contributed by atoms with Crippen molar-refractivity contribution >= 4 is 59.5 Å². The number of hydrogen-bond acceptors (Lipinski definition) is 9. The summed E-state index contributed by atoms with van der Waals surface area (Å²) in [6.07, 6.45) is 2.06. The molecule has 67 heavy (non-hydrogen) atoms. The molecule has 1 aliphatic rings. The summed E-state index contributed by atoms with van der Waals surface area (Å²) in [5.74, 6) is 1.19. The van der Waals surface area contributed by atoms with Crippen molar-refractivity contribution in [2.24, 2.45) is 7.05 Å². The van der Waals surface area contributed by atoms with E-state index in [2.05, 4.69) is 91.4 Å². The number of carbonyl (C=O) groups is 1. The summed E-state index contributed by atoms with van der Waals surface area (Å²) < 4.78 is 51.0. The monoisotopic (exact) mass is 989 g/mol. The minimum absolute atomic E-state index is 0.209. The van der Waals surface area contributed by atoms with Crippen molar-refractivity contribution in [1.82, 2.24) is 28.3 Å². The normalized spacial score (nSPS) is 13.5. The van der Waals surface area contributed by atoms with E-state index in [-0.39, 0.29) is 19.2 Å². The van der Waals surface area contributed by atoms with Crippen LogP contribution in [-0.2, 0) is 53.4 Å². The van der Waals surface area contributed by atoms with E-state index < -0.39 is 10.2 Å². The SMILES string of the molecule is CCOC(=O)c1c(CCCOc2cccc3ccccc23)c2cccc(-c3c(COc4ccc(N5CCN(S(=O)(=O)N(C)C)CC5)cc4)nn(C)c3CBr)c2n1CCCNCc1ccccc1. The molecular weight excluding hydrogens is 931 g/mol. The highest BCUT2D eigenvalue weighted by molar-refractivity contribution is 9.08. The summed E-state index contributed by atoms with van der Waals surface area (Å²) in [5, 5.41) is 12.4. The van der Waals surface area contributed by atoms with E-state index in [4.69, 9.17) is 19.3 Å². The van der Waals surface area contributed by atoms with Crippen molar-refractivity contribution in [3.63, 3.8) is 0 Å². The van der Waals surface area contributed by atoms with Gasteiger partial charge in [0, 0.05) is 93.3 Å². The van der Waals surface area contributed by atoms with E-state index in [0.717, 1.165) is 80.7 Å². The first-order chi connectivity index (χ1) is 32.6. The van der Waals surface area contributed by atoms with Gasteiger partial charge in [-0.3, -0.25) is 4.68 Å². The Hall–Kier alpha value is -5.71. The molecule has 15 heteroatoms. The van der Waals surface area contributed by atoms with Gasteiger partial charge in [0.2, 0.25) is 0 Å². The number of alkyl halides is 1. The summed E-state index contributed by atoms with van der Waals surface area (Å²) in [4.78, 5) is 16.5. The van der Waals surface area contributed by atoms with Gasteiger partial charge in [0.15, 0.2) is 0 Å². The number of esters is 1. The summed E-state index contributed by atoms with van der Waals surface area (Å²) >= 11 is 3.79. The van der Waals surface area contributed by atoms with E-state index in [1.165, 1.54) is 14.2 Å². The predicted molar refractivity (Wildman–Crippen MR) is 270 cm³/mol. The number of fused-ring (bicyclic) bond motifs is 2. The molecule has 0 bridgehead atoms. The molecule has 0 saturated carbocycles. The average Bonchev–Trinajstić information content (AvgIpc) is 3.85. The Bertz CT molecular complexity index is 2890. The molecule has 5 aromatic carbocycles. The molecule has 3 heterocycles. The molecular formula is C52H60BrN7O6S. The van der Waals surface area contributed by atoms with E-state index in [0.29, 0.717) is 68.9 Å². The number of ether oxygens (including phenoxy) is 3. The summed E-state index contributed by atoms with van der Waals surface area (Å²) in [6.45, 7) is 6.89. The van der Waals surface area contributed by atoms with Crippen LogP contribution in [0.1, 0.15) is 52.8 Å². The minimum atomic E-state index is -3.45. The van der Waals surface area contributed by atoms with Crippen LogP contribution in [0.3, 0.4) is 0 Å². The fraction of sp³-hybridized carbons (Fsp3) is 0.346. The third kappa shape index (κ3) is 10.7. The summed E-state index contributed by atoms with van der Waals surface area (Å²) in [5.41, 5.74) is 8.36. The molecule has 352 valence electrons. The molecule has 0 radical (unpaired) electrons. The average molecular weight is 991 g/mol. The molecule has 2 aromatic heterocycles. The Labute approximate surface area is 402 Å². The highest BCUT2D eigenvalue weighted by atomic mass is 79.9. The van der Waals surface area contributed by atoms with Crippen LogP contribution >= 0.6 is 15.9 Å². The Morgan fingerprint density at radius 1 is 0.836 bits per heavy atom. The van der Waals surface area contributed by atoms with Gasteiger partial charge in [0.25, 0.3) is 10.2 Å². The first-order valence-corrected chi connectivity index (χ1v) is 25.5. The summed E-state index contributed by atoms with van der Waals surface area (Å²) in [7, 11) is 1.62. The molecule has 0 amide bonds. The number of nitrogens with zero attached hydrogens (tertiary/aromatic N) is 6. The molecule has 1 saturated heterocycles. The zero-order valence-electron chi connectivity index (χ0n) is 38.8. The lowest BCUT2D eigenvalue weighted by Gasteiger charge is -2.36. The van der Waals surface area contributed by atoms with E-state index in [9.17, 15) is 13.2 Å². The predicted octanol–water partition coefficient (Wildman–Crippen LogP) is 8.97. The van der Waals surface area contributed by atoms with Gasteiger partial charge in [-0.2, -0.15) is 22.1 Å². The standard InChI is InChI=1S/C52H60BrN7O6S/c1-5-64-52(61)51-44(22-13-34-65-48-23-11-18-39-17-9-10-19-42(39)48)43-20-12-21-45(50(43)60(51)29-14-28-54-36-38-15-7-6-8-16-38)49-46(55-57(4)47(49)35-53)37-66-41-26-24-40(25-27-41)58-30-32-59(33-31-58)67(62,63)56(2)3/h6-12,15-21,23-27,54H,5,13-14,22,28-37H2,1-4H3. The van der Waals surface area contributed by atoms with Crippen LogP contribution in [-0.4, -0.2) is 97.4 Å². The number of carbonyl (C=O) groups excluding carboxylic acids is 1. The molecule has 1 aliphatic heterocycles. The number of aryl methyl sites for hydroxylation is 3. The van der Waals surface area contributed by atoms with Crippen molar-refractivity contribution in [2.45, 2.75) is 51.2 Å². The topological polar surface area (TPSA) is 123 Å². The van der Waals surface area contributed by atoms with Crippen molar-refractivity contribution in [1.29, 1.82) is 0 Å². The van der Waals surface area contributed by atoms with Gasteiger partial charge in [-0.25, -0.2) is 4.79 Å². The molecule has 8 rings (SSSR count). The zero-order valence-corrected chi connectivity index (χ0v) is 41.2. The Morgan fingerprint density at radius 3 is 2.30 bits per heavy atom. The Morgan fingerprint density at radius 2 is 1.55 bits per heavy atom. The van der Waals surface area contributed by atoms with Gasteiger partial charge in [-0.05, 0) is 79.6 Å². The zero-order chi connectivity index (χ0) is 46.9. The van der Waals surface area contributed by atoms with Gasteiger partial charge >= 0.3 is 5.97 Å². The lowest BCUT2D eigenvalue weighted by atomic mass is 9.98. The maximum Gasteiger partial charge on any atom is 0.355 e. The highest BCUT2D eigenvalue weighted by Gasteiger charge is 2.30. The number of halogens is 1. The van der Waals surface area contributed by atoms with E-state index in [1.807, 2.05) is 73.3 Å². The van der Waals surface area contributed by atoms with Crippen LogP contribution in [0.25, 0.3) is 32.8 Å². The van der Waals surface area contributed by atoms with Gasteiger partial charge < -0.3 is 29.0 Å². The van der Waals surface area contributed by atoms with E-state index >= 15 is 0 Å². The molecule has 0 aliphatic carbocycles. The Balaban J connectivity index is 1.09. The van der Waals surface area contributed by atoms with Crippen LogP contribution < -0.4 is 19.7 Å². The third-order valence-corrected chi connectivity index (χ3v) is 14.9. The fourth-order valence-electron chi connectivity index (χ4n) is 9.03. The second-order valence-corrected chi connectivity index (χ2v) is 19.5. The lowest BCUT2D eigenvalue weighted by Crippen LogP contribution is -2.51. The van der Waals surface area contributed by atoms with E-state index in [1.54, 1.807) is 14.1 Å². The second kappa shape index (κ2) is 21.9. The maximum absolute atomic E-state index is 14.3. The number of aromatic nitrogens is 3. The van der Waals surface area contributed by atoms with Gasteiger partial charge in [-0.1, -0.05) is 101 Å². The third-order valence-electron chi connectivity index (χ3n) is 12.4. The molecule has 13 nitrogen and oxygen atoms in total. The molecule has 0 atom stereocenters. The van der Waals surface area contributed by atoms with Crippen molar-refractivity contribution in [3.8, 4) is 22.6 Å².